The van der Waals surface area contributed by atoms with Crippen molar-refractivity contribution in [2.24, 2.45) is 0 Å². The van der Waals surface area contributed by atoms with Crippen molar-refractivity contribution in [3.8, 4) is 0 Å². The van der Waals surface area contributed by atoms with Crippen molar-refractivity contribution < 1.29 is 4.52 Å². The van der Waals surface area contributed by atoms with E-state index in [-0.39, 0.29) is 6.04 Å². The molecule has 1 saturated heterocycles. The minimum Gasteiger partial charge on any atom is -0.338 e. The summed E-state index contributed by atoms with van der Waals surface area (Å²) in [5.74, 6) is 1.52. The third kappa shape index (κ3) is 3.04. The predicted octanol–water partition coefficient (Wildman–Crippen LogP) is 1.38. The summed E-state index contributed by atoms with van der Waals surface area (Å²) < 4.78 is 5.25. The minimum atomic E-state index is 0.125. The molecule has 1 aromatic heterocycles. The number of rotatable bonds is 4. The van der Waals surface area contributed by atoms with Crippen molar-refractivity contribution in [3.63, 3.8) is 0 Å². The van der Waals surface area contributed by atoms with Gasteiger partial charge in [-0.05, 0) is 40.4 Å². The SMILES string of the molecule is CNC(C)c1nc(CC2CCCCN2C)no1. The Morgan fingerprint density at radius 3 is 3.06 bits per heavy atom. The van der Waals surface area contributed by atoms with Crippen LogP contribution in [0.15, 0.2) is 4.52 Å². The van der Waals surface area contributed by atoms with Crippen LogP contribution in [0.5, 0.6) is 0 Å². The Labute approximate surface area is 103 Å². The zero-order valence-corrected chi connectivity index (χ0v) is 10.9. The first-order valence-corrected chi connectivity index (χ1v) is 6.40. The number of aromatic nitrogens is 2. The fourth-order valence-corrected chi connectivity index (χ4v) is 2.26. The van der Waals surface area contributed by atoms with Gasteiger partial charge in [0.25, 0.3) is 0 Å². The second-order valence-corrected chi connectivity index (χ2v) is 4.89. The molecule has 1 N–H and O–H groups in total. The standard InChI is InChI=1S/C12H22N4O/c1-9(13-2)12-14-11(15-17-12)8-10-6-4-5-7-16(10)3/h9-10,13H,4-8H2,1-3H3. The first kappa shape index (κ1) is 12.5. The fraction of sp³-hybridized carbons (Fsp3) is 0.833. The van der Waals surface area contributed by atoms with Gasteiger partial charge in [-0.25, -0.2) is 0 Å². The number of likely N-dealkylation sites (tertiary alicyclic amines) is 1. The van der Waals surface area contributed by atoms with E-state index in [2.05, 4.69) is 27.4 Å². The zero-order valence-electron chi connectivity index (χ0n) is 10.9. The van der Waals surface area contributed by atoms with Gasteiger partial charge in [-0.15, -0.1) is 0 Å². The molecule has 0 radical (unpaired) electrons. The van der Waals surface area contributed by atoms with Gasteiger partial charge in [0, 0.05) is 12.5 Å². The normalized spacial score (nSPS) is 23.8. The summed E-state index contributed by atoms with van der Waals surface area (Å²) in [6.45, 7) is 3.20. The molecule has 1 aromatic rings. The molecule has 2 heterocycles. The lowest BCUT2D eigenvalue weighted by Gasteiger charge is -2.31. The van der Waals surface area contributed by atoms with E-state index in [0.717, 1.165) is 12.2 Å². The van der Waals surface area contributed by atoms with E-state index >= 15 is 0 Å². The molecule has 0 saturated carbocycles. The van der Waals surface area contributed by atoms with Crippen molar-refractivity contribution in [3.05, 3.63) is 11.7 Å². The summed E-state index contributed by atoms with van der Waals surface area (Å²) in [6, 6.07) is 0.694. The van der Waals surface area contributed by atoms with Crippen LogP contribution < -0.4 is 5.32 Å². The number of likely N-dealkylation sites (N-methyl/N-ethyl adjacent to an activating group) is 1. The second-order valence-electron chi connectivity index (χ2n) is 4.89. The molecule has 5 heteroatoms. The molecule has 1 fully saturated rings. The van der Waals surface area contributed by atoms with Crippen molar-refractivity contribution in [1.82, 2.24) is 20.4 Å². The lowest BCUT2D eigenvalue weighted by molar-refractivity contribution is 0.181. The molecule has 1 aliphatic rings. The number of piperidine rings is 1. The van der Waals surface area contributed by atoms with Gasteiger partial charge in [-0.3, -0.25) is 0 Å². The first-order chi connectivity index (χ1) is 8.20. The van der Waals surface area contributed by atoms with Gasteiger partial charge in [-0.2, -0.15) is 4.98 Å². The van der Waals surface area contributed by atoms with Crippen LogP contribution in [0.1, 0.15) is 43.9 Å². The number of hydrogen-bond acceptors (Lipinski definition) is 5. The summed E-state index contributed by atoms with van der Waals surface area (Å²) >= 11 is 0. The van der Waals surface area contributed by atoms with Crippen LogP contribution in [0.4, 0.5) is 0 Å². The van der Waals surface area contributed by atoms with E-state index in [4.69, 9.17) is 4.52 Å². The topological polar surface area (TPSA) is 54.2 Å². The Morgan fingerprint density at radius 2 is 2.35 bits per heavy atom. The number of nitrogens with one attached hydrogen (secondary N) is 1. The molecule has 0 aromatic carbocycles. The van der Waals surface area contributed by atoms with Crippen LogP contribution in [0.3, 0.4) is 0 Å². The molecular formula is C12H22N4O. The van der Waals surface area contributed by atoms with Crippen molar-refractivity contribution in [2.75, 3.05) is 20.6 Å². The van der Waals surface area contributed by atoms with Gasteiger partial charge in [0.2, 0.25) is 5.89 Å². The average molecular weight is 238 g/mol. The van der Waals surface area contributed by atoms with Crippen LogP contribution in [-0.4, -0.2) is 41.7 Å². The van der Waals surface area contributed by atoms with Crippen LogP contribution >= 0.6 is 0 Å². The smallest absolute Gasteiger partial charge is 0.243 e. The van der Waals surface area contributed by atoms with Gasteiger partial charge < -0.3 is 14.7 Å². The van der Waals surface area contributed by atoms with Gasteiger partial charge >= 0.3 is 0 Å². The monoisotopic (exact) mass is 238 g/mol. The van der Waals surface area contributed by atoms with E-state index in [1.165, 1.54) is 25.8 Å². The lowest BCUT2D eigenvalue weighted by Crippen LogP contribution is -2.37. The Kier molecular flexibility index (Phi) is 4.12. The minimum absolute atomic E-state index is 0.125. The molecule has 0 bridgehead atoms. The van der Waals surface area contributed by atoms with Gasteiger partial charge in [0.15, 0.2) is 5.82 Å². The lowest BCUT2D eigenvalue weighted by atomic mass is 10.00. The molecule has 2 rings (SSSR count). The highest BCUT2D eigenvalue weighted by atomic mass is 16.5. The second kappa shape index (κ2) is 5.60. The molecule has 2 atom stereocenters. The molecule has 0 spiro atoms. The molecule has 17 heavy (non-hydrogen) atoms. The van der Waals surface area contributed by atoms with Crippen LogP contribution in [0, 0.1) is 0 Å². The zero-order chi connectivity index (χ0) is 12.3. The van der Waals surface area contributed by atoms with Crippen molar-refractivity contribution in [2.45, 2.75) is 44.7 Å². The molecule has 0 aliphatic carbocycles. The Bertz CT molecular complexity index is 352. The highest BCUT2D eigenvalue weighted by Crippen LogP contribution is 2.18. The van der Waals surface area contributed by atoms with Crippen molar-refractivity contribution in [1.29, 1.82) is 0 Å². The maximum Gasteiger partial charge on any atom is 0.243 e. The maximum atomic E-state index is 5.25. The highest BCUT2D eigenvalue weighted by molar-refractivity contribution is 4.94. The first-order valence-electron chi connectivity index (χ1n) is 6.40. The van der Waals surface area contributed by atoms with Crippen LogP contribution in [0.25, 0.3) is 0 Å². The van der Waals surface area contributed by atoms with E-state index in [1.54, 1.807) is 0 Å². The number of hydrogen-bond donors (Lipinski definition) is 1. The summed E-state index contributed by atoms with van der Waals surface area (Å²) in [5, 5.41) is 7.16. The van der Waals surface area contributed by atoms with Crippen LogP contribution in [0.2, 0.25) is 0 Å². The summed E-state index contributed by atoms with van der Waals surface area (Å²) in [6.07, 6.45) is 4.76. The fourth-order valence-electron chi connectivity index (χ4n) is 2.26. The Balaban J connectivity index is 1.96. The van der Waals surface area contributed by atoms with E-state index < -0.39 is 0 Å². The Morgan fingerprint density at radius 1 is 1.53 bits per heavy atom. The molecular weight excluding hydrogens is 216 g/mol. The molecule has 2 unspecified atom stereocenters. The molecule has 5 nitrogen and oxygen atoms in total. The van der Waals surface area contributed by atoms with Gasteiger partial charge in [-0.1, -0.05) is 11.6 Å². The summed E-state index contributed by atoms with van der Waals surface area (Å²) in [5.41, 5.74) is 0. The van der Waals surface area contributed by atoms with E-state index in [0.29, 0.717) is 11.9 Å². The third-order valence-corrected chi connectivity index (χ3v) is 3.63. The van der Waals surface area contributed by atoms with E-state index in [1.807, 2.05) is 14.0 Å². The largest absolute Gasteiger partial charge is 0.338 e. The molecule has 1 aliphatic heterocycles. The van der Waals surface area contributed by atoms with Crippen molar-refractivity contribution >= 4 is 0 Å². The van der Waals surface area contributed by atoms with E-state index in [9.17, 15) is 0 Å². The summed E-state index contributed by atoms with van der Waals surface area (Å²) in [7, 11) is 4.07. The molecule has 0 amide bonds. The average Bonchev–Trinajstić information content (AvgIpc) is 2.80. The molecule has 96 valence electrons. The maximum absolute atomic E-state index is 5.25. The summed E-state index contributed by atoms with van der Waals surface area (Å²) in [4.78, 5) is 6.85. The number of nitrogens with zero attached hydrogens (tertiary/aromatic N) is 3. The predicted molar refractivity (Wildman–Crippen MR) is 65.7 cm³/mol. The van der Waals surface area contributed by atoms with Gasteiger partial charge in [0.05, 0.1) is 6.04 Å². The quantitative estimate of drug-likeness (QED) is 0.858. The third-order valence-electron chi connectivity index (χ3n) is 3.63. The van der Waals surface area contributed by atoms with Gasteiger partial charge in [0.1, 0.15) is 0 Å². The highest BCUT2D eigenvalue weighted by Gasteiger charge is 2.22. The Hall–Kier alpha value is -0.940. The van der Waals surface area contributed by atoms with Crippen LogP contribution in [-0.2, 0) is 6.42 Å².